The van der Waals surface area contributed by atoms with E-state index in [4.69, 9.17) is 23.2 Å². The Morgan fingerprint density at radius 1 is 1.19 bits per heavy atom. The molecule has 0 atom stereocenters. The molecule has 0 aliphatic heterocycles. The zero-order chi connectivity index (χ0) is 11.4. The average Bonchev–Trinajstić information content (AvgIpc) is 2.29. The molecule has 0 aliphatic rings. The first-order valence-corrected chi connectivity index (χ1v) is 5.40. The van der Waals surface area contributed by atoms with E-state index in [1.807, 2.05) is 12.1 Å². The van der Waals surface area contributed by atoms with Crippen molar-refractivity contribution in [1.29, 1.82) is 0 Å². The number of aromatic nitrogens is 1. The summed E-state index contributed by atoms with van der Waals surface area (Å²) in [5, 5.41) is 1.14. The molecule has 1 aromatic carbocycles. The Balaban J connectivity index is 2.24. The van der Waals surface area contributed by atoms with Crippen LogP contribution in [-0.4, -0.2) is 11.2 Å². The number of pyridine rings is 1. The van der Waals surface area contributed by atoms with Gasteiger partial charge in [0, 0.05) is 29.2 Å². The predicted octanol–water partition coefficient (Wildman–Crippen LogP) is 4.14. The Bertz CT molecular complexity index is 510. The summed E-state index contributed by atoms with van der Waals surface area (Å²) in [7, 11) is 0. The highest BCUT2D eigenvalue weighted by atomic mass is 35.5. The second kappa shape index (κ2) is 5.10. The molecule has 0 N–H and O–H groups in total. The van der Waals surface area contributed by atoms with Gasteiger partial charge < -0.3 is 0 Å². The number of aliphatic imine (C=N–C) groups is 1. The van der Waals surface area contributed by atoms with Crippen molar-refractivity contribution < 1.29 is 0 Å². The molecule has 0 unspecified atom stereocenters. The number of benzene rings is 1. The largest absolute Gasteiger partial charge is 0.264 e. The number of halogens is 2. The van der Waals surface area contributed by atoms with Crippen LogP contribution in [0.1, 0.15) is 5.56 Å². The van der Waals surface area contributed by atoms with Crippen LogP contribution in [0.4, 0.5) is 5.69 Å². The first-order valence-electron chi connectivity index (χ1n) is 4.65. The summed E-state index contributed by atoms with van der Waals surface area (Å²) in [6.07, 6.45) is 5.15. The molecule has 0 saturated carbocycles. The third-order valence-corrected chi connectivity index (χ3v) is 2.48. The van der Waals surface area contributed by atoms with Crippen LogP contribution in [0.3, 0.4) is 0 Å². The van der Waals surface area contributed by atoms with Gasteiger partial charge in [-0.1, -0.05) is 29.3 Å². The van der Waals surface area contributed by atoms with Gasteiger partial charge in [0.1, 0.15) is 0 Å². The standard InChI is InChI=1S/C12H8Cl2N2/c13-10-3-4-12(11(14)6-10)16-8-9-2-1-5-15-7-9/h1-8H. The summed E-state index contributed by atoms with van der Waals surface area (Å²) in [5.74, 6) is 0. The van der Waals surface area contributed by atoms with E-state index in [9.17, 15) is 0 Å². The number of rotatable bonds is 2. The van der Waals surface area contributed by atoms with Gasteiger partial charge >= 0.3 is 0 Å². The normalized spacial score (nSPS) is 10.9. The van der Waals surface area contributed by atoms with Crippen LogP contribution in [0.2, 0.25) is 10.0 Å². The average molecular weight is 251 g/mol. The third-order valence-electron chi connectivity index (χ3n) is 1.95. The molecule has 0 fully saturated rings. The minimum Gasteiger partial charge on any atom is -0.264 e. The Kier molecular flexibility index (Phi) is 3.54. The van der Waals surface area contributed by atoms with Crippen molar-refractivity contribution in [2.24, 2.45) is 4.99 Å². The van der Waals surface area contributed by atoms with Gasteiger partial charge in [0.15, 0.2) is 0 Å². The molecule has 0 saturated heterocycles. The van der Waals surface area contributed by atoms with E-state index in [2.05, 4.69) is 9.98 Å². The predicted molar refractivity (Wildman–Crippen MR) is 68.0 cm³/mol. The van der Waals surface area contributed by atoms with Gasteiger partial charge in [-0.15, -0.1) is 0 Å². The lowest BCUT2D eigenvalue weighted by Gasteiger charge is -1.98. The minimum atomic E-state index is 0.535. The van der Waals surface area contributed by atoms with Crippen LogP contribution in [0, 0.1) is 0 Å². The number of hydrogen-bond donors (Lipinski definition) is 0. The molecule has 0 aliphatic carbocycles. The van der Waals surface area contributed by atoms with Crippen LogP contribution in [-0.2, 0) is 0 Å². The van der Waals surface area contributed by atoms with Crippen LogP contribution in [0.15, 0.2) is 47.7 Å². The van der Waals surface area contributed by atoms with Crippen molar-refractivity contribution in [3.05, 3.63) is 58.3 Å². The maximum atomic E-state index is 5.98. The van der Waals surface area contributed by atoms with E-state index in [-0.39, 0.29) is 0 Å². The molecular formula is C12H8Cl2N2. The van der Waals surface area contributed by atoms with Crippen molar-refractivity contribution >= 4 is 35.1 Å². The topological polar surface area (TPSA) is 25.2 Å². The lowest BCUT2D eigenvalue weighted by Crippen LogP contribution is -1.81. The van der Waals surface area contributed by atoms with E-state index < -0.39 is 0 Å². The minimum absolute atomic E-state index is 0.535. The lowest BCUT2D eigenvalue weighted by atomic mass is 10.3. The van der Waals surface area contributed by atoms with Crippen molar-refractivity contribution in [1.82, 2.24) is 4.98 Å². The van der Waals surface area contributed by atoms with Crippen LogP contribution >= 0.6 is 23.2 Å². The van der Waals surface area contributed by atoms with Gasteiger partial charge in [-0.2, -0.15) is 0 Å². The zero-order valence-electron chi connectivity index (χ0n) is 8.27. The number of nitrogens with zero attached hydrogens (tertiary/aromatic N) is 2. The summed E-state index contributed by atoms with van der Waals surface area (Å²) < 4.78 is 0. The Morgan fingerprint density at radius 3 is 2.75 bits per heavy atom. The van der Waals surface area contributed by atoms with Crippen molar-refractivity contribution in [3.63, 3.8) is 0 Å². The van der Waals surface area contributed by atoms with Crippen molar-refractivity contribution in [3.8, 4) is 0 Å². The Hall–Kier alpha value is -1.38. The Morgan fingerprint density at radius 2 is 2.06 bits per heavy atom. The smallest absolute Gasteiger partial charge is 0.0817 e. The van der Waals surface area contributed by atoms with E-state index in [0.717, 1.165) is 5.56 Å². The first-order chi connectivity index (χ1) is 7.75. The summed E-state index contributed by atoms with van der Waals surface area (Å²) in [5.41, 5.74) is 1.61. The second-order valence-corrected chi connectivity index (χ2v) is 3.98. The summed E-state index contributed by atoms with van der Waals surface area (Å²) in [6, 6.07) is 8.96. The quantitative estimate of drug-likeness (QED) is 0.736. The molecule has 4 heteroatoms. The first kappa shape index (κ1) is 11.1. The molecule has 0 spiro atoms. The molecule has 1 heterocycles. The highest BCUT2D eigenvalue weighted by Crippen LogP contribution is 2.27. The van der Waals surface area contributed by atoms with Crippen LogP contribution < -0.4 is 0 Å². The summed E-state index contributed by atoms with van der Waals surface area (Å²) in [4.78, 5) is 8.25. The fraction of sp³-hybridized carbons (Fsp3) is 0. The molecular weight excluding hydrogens is 243 g/mol. The SMILES string of the molecule is Clc1ccc(N=Cc2cccnc2)c(Cl)c1. The molecule has 16 heavy (non-hydrogen) atoms. The van der Waals surface area contributed by atoms with E-state index in [1.165, 1.54) is 0 Å². The van der Waals surface area contributed by atoms with E-state index in [0.29, 0.717) is 15.7 Å². The highest BCUT2D eigenvalue weighted by molar-refractivity contribution is 6.36. The van der Waals surface area contributed by atoms with Crippen LogP contribution in [0.25, 0.3) is 0 Å². The summed E-state index contributed by atoms with van der Waals surface area (Å²) >= 11 is 11.8. The van der Waals surface area contributed by atoms with Gasteiger partial charge in [-0.05, 0) is 24.3 Å². The molecule has 1 aromatic heterocycles. The lowest BCUT2D eigenvalue weighted by molar-refractivity contribution is 1.32. The van der Waals surface area contributed by atoms with Gasteiger partial charge in [0.25, 0.3) is 0 Å². The fourth-order valence-corrected chi connectivity index (χ4v) is 1.64. The monoisotopic (exact) mass is 250 g/mol. The maximum absolute atomic E-state index is 5.98. The molecule has 2 aromatic rings. The number of hydrogen-bond acceptors (Lipinski definition) is 2. The van der Waals surface area contributed by atoms with E-state index >= 15 is 0 Å². The van der Waals surface area contributed by atoms with Gasteiger partial charge in [-0.3, -0.25) is 9.98 Å². The Labute approximate surface area is 104 Å². The third kappa shape index (κ3) is 2.81. The summed E-state index contributed by atoms with van der Waals surface area (Å²) in [6.45, 7) is 0. The molecule has 0 bridgehead atoms. The highest BCUT2D eigenvalue weighted by Gasteiger charge is 1.98. The van der Waals surface area contributed by atoms with Gasteiger partial charge in [-0.25, -0.2) is 0 Å². The second-order valence-electron chi connectivity index (χ2n) is 3.14. The van der Waals surface area contributed by atoms with Crippen LogP contribution in [0.5, 0.6) is 0 Å². The molecule has 2 rings (SSSR count). The zero-order valence-corrected chi connectivity index (χ0v) is 9.78. The molecule has 0 amide bonds. The molecule has 0 radical (unpaired) electrons. The van der Waals surface area contributed by atoms with Crippen molar-refractivity contribution in [2.75, 3.05) is 0 Å². The van der Waals surface area contributed by atoms with Gasteiger partial charge in [0.05, 0.1) is 10.7 Å². The van der Waals surface area contributed by atoms with Crippen molar-refractivity contribution in [2.45, 2.75) is 0 Å². The van der Waals surface area contributed by atoms with Gasteiger partial charge in [0.2, 0.25) is 0 Å². The fourth-order valence-electron chi connectivity index (χ4n) is 1.18. The molecule has 80 valence electrons. The van der Waals surface area contributed by atoms with E-state index in [1.54, 1.807) is 36.8 Å². The molecule has 2 nitrogen and oxygen atoms in total. The maximum Gasteiger partial charge on any atom is 0.0817 e.